The Bertz CT molecular complexity index is 376. The molecule has 3 heteroatoms. The fraction of sp³-hybridized carbons (Fsp3) is 0.571. The number of rotatable bonds is 6. The number of nitrogens with one attached hydrogen (secondary N) is 1. The molecular weight excluding hydrogens is 237 g/mol. The molecule has 17 heavy (non-hydrogen) atoms. The van der Waals surface area contributed by atoms with E-state index in [-0.39, 0.29) is 10.8 Å². The summed E-state index contributed by atoms with van der Waals surface area (Å²) in [5.74, 6) is 0.504. The van der Waals surface area contributed by atoms with Crippen molar-refractivity contribution in [2.45, 2.75) is 38.6 Å². The van der Waals surface area contributed by atoms with E-state index < -0.39 is 0 Å². The number of hydrogen-bond donors (Lipinski definition) is 1. The molecule has 0 bridgehead atoms. The summed E-state index contributed by atoms with van der Waals surface area (Å²) in [6.45, 7) is 3.14. The van der Waals surface area contributed by atoms with Crippen LogP contribution in [-0.4, -0.2) is 6.54 Å². The van der Waals surface area contributed by atoms with Crippen LogP contribution in [0.1, 0.15) is 44.2 Å². The zero-order chi connectivity index (χ0) is 12.3. The predicted molar refractivity (Wildman–Crippen MR) is 69.8 cm³/mol. The highest BCUT2D eigenvalue weighted by molar-refractivity contribution is 6.30. The summed E-state index contributed by atoms with van der Waals surface area (Å²) < 4.78 is 13.1. The van der Waals surface area contributed by atoms with Crippen LogP contribution in [0.15, 0.2) is 18.2 Å². The molecule has 1 saturated carbocycles. The quantitative estimate of drug-likeness (QED) is 0.798. The zero-order valence-corrected chi connectivity index (χ0v) is 10.9. The Morgan fingerprint density at radius 1 is 1.47 bits per heavy atom. The van der Waals surface area contributed by atoms with Crippen LogP contribution in [-0.2, 0) is 0 Å². The van der Waals surface area contributed by atoms with Crippen molar-refractivity contribution in [3.05, 3.63) is 34.6 Å². The summed E-state index contributed by atoms with van der Waals surface area (Å²) in [4.78, 5) is 0. The average molecular weight is 256 g/mol. The van der Waals surface area contributed by atoms with Crippen LogP contribution in [0.25, 0.3) is 0 Å². The Morgan fingerprint density at radius 2 is 2.24 bits per heavy atom. The van der Waals surface area contributed by atoms with Crippen LogP contribution in [0, 0.1) is 11.7 Å². The van der Waals surface area contributed by atoms with E-state index in [1.54, 1.807) is 6.07 Å². The molecule has 94 valence electrons. The molecule has 1 aromatic rings. The third-order valence-corrected chi connectivity index (χ3v) is 3.54. The minimum absolute atomic E-state index is 0.224. The van der Waals surface area contributed by atoms with Gasteiger partial charge in [-0.3, -0.25) is 0 Å². The molecule has 0 amide bonds. The van der Waals surface area contributed by atoms with E-state index in [1.165, 1.54) is 18.9 Å². The highest BCUT2D eigenvalue weighted by Gasteiger charge is 2.26. The fourth-order valence-corrected chi connectivity index (χ4v) is 2.26. The lowest BCUT2D eigenvalue weighted by molar-refractivity contribution is 0.473. The lowest BCUT2D eigenvalue weighted by atomic mass is 10.0. The lowest BCUT2D eigenvalue weighted by Gasteiger charge is -2.19. The van der Waals surface area contributed by atoms with E-state index in [0.717, 1.165) is 30.9 Å². The van der Waals surface area contributed by atoms with Crippen LogP contribution in [0.2, 0.25) is 5.02 Å². The van der Waals surface area contributed by atoms with Gasteiger partial charge in [-0.05, 0) is 43.0 Å². The topological polar surface area (TPSA) is 12.0 Å². The van der Waals surface area contributed by atoms with E-state index in [2.05, 4.69) is 12.2 Å². The zero-order valence-electron chi connectivity index (χ0n) is 10.2. The van der Waals surface area contributed by atoms with Gasteiger partial charge < -0.3 is 5.32 Å². The molecule has 0 saturated heterocycles. The molecule has 1 unspecified atom stereocenters. The standard InChI is InChI=1S/C14H19ClFN/c1-2-7-17-14(8-10-3-4-10)11-5-6-13(16)12(15)9-11/h5-6,9-10,14,17H,2-4,7-8H2,1H3. The lowest BCUT2D eigenvalue weighted by Crippen LogP contribution is -2.22. The smallest absolute Gasteiger partial charge is 0.141 e. The third kappa shape index (κ3) is 3.68. The maximum Gasteiger partial charge on any atom is 0.141 e. The van der Waals surface area contributed by atoms with Crippen LogP contribution in [0.3, 0.4) is 0 Å². The Labute approximate surface area is 107 Å². The van der Waals surface area contributed by atoms with E-state index in [9.17, 15) is 4.39 Å². The molecule has 0 radical (unpaired) electrons. The van der Waals surface area contributed by atoms with E-state index >= 15 is 0 Å². The highest BCUT2D eigenvalue weighted by atomic mass is 35.5. The molecule has 1 aliphatic rings. The second kappa shape index (κ2) is 5.83. The molecule has 1 nitrogen and oxygen atoms in total. The predicted octanol–water partition coefficient (Wildman–Crippen LogP) is 4.32. The normalized spacial score (nSPS) is 17.1. The van der Waals surface area contributed by atoms with Crippen molar-refractivity contribution in [1.82, 2.24) is 5.32 Å². The Morgan fingerprint density at radius 3 is 2.82 bits per heavy atom. The molecule has 0 heterocycles. The van der Waals surface area contributed by atoms with Crippen molar-refractivity contribution in [3.63, 3.8) is 0 Å². The van der Waals surface area contributed by atoms with E-state index in [4.69, 9.17) is 11.6 Å². The van der Waals surface area contributed by atoms with Gasteiger partial charge in [0.05, 0.1) is 5.02 Å². The monoisotopic (exact) mass is 255 g/mol. The SMILES string of the molecule is CCCNC(CC1CC1)c1ccc(F)c(Cl)c1. The maximum absolute atomic E-state index is 13.1. The minimum atomic E-state index is -0.337. The van der Waals surface area contributed by atoms with Gasteiger partial charge in [0, 0.05) is 6.04 Å². The first kappa shape index (κ1) is 12.8. The number of halogens is 2. The molecule has 1 fully saturated rings. The van der Waals surface area contributed by atoms with Crippen LogP contribution >= 0.6 is 11.6 Å². The van der Waals surface area contributed by atoms with Gasteiger partial charge in [0.1, 0.15) is 5.82 Å². The van der Waals surface area contributed by atoms with Gasteiger partial charge in [-0.25, -0.2) is 4.39 Å². The van der Waals surface area contributed by atoms with Crippen LogP contribution in [0.5, 0.6) is 0 Å². The van der Waals surface area contributed by atoms with Gasteiger partial charge in [-0.2, -0.15) is 0 Å². The van der Waals surface area contributed by atoms with Crippen molar-refractivity contribution in [2.75, 3.05) is 6.54 Å². The summed E-state index contributed by atoms with van der Waals surface area (Å²) in [5, 5.41) is 3.75. The largest absolute Gasteiger partial charge is 0.310 e. The summed E-state index contributed by atoms with van der Waals surface area (Å²) in [7, 11) is 0. The molecule has 1 atom stereocenters. The molecule has 1 N–H and O–H groups in total. The van der Waals surface area contributed by atoms with Gasteiger partial charge in [-0.15, -0.1) is 0 Å². The van der Waals surface area contributed by atoms with Crippen LogP contribution in [0.4, 0.5) is 4.39 Å². The number of hydrogen-bond acceptors (Lipinski definition) is 1. The summed E-state index contributed by atoms with van der Waals surface area (Å²) >= 11 is 5.84. The average Bonchev–Trinajstić information content (AvgIpc) is 3.12. The summed E-state index contributed by atoms with van der Waals surface area (Å²) in [6, 6.07) is 5.38. The molecule has 1 aromatic carbocycles. The summed E-state index contributed by atoms with van der Waals surface area (Å²) in [6.07, 6.45) is 4.91. The highest BCUT2D eigenvalue weighted by Crippen LogP contribution is 2.38. The molecule has 2 rings (SSSR count). The Hall–Kier alpha value is -0.600. The molecule has 0 aliphatic heterocycles. The molecular formula is C14H19ClFN. The molecule has 1 aliphatic carbocycles. The van der Waals surface area contributed by atoms with E-state index in [0.29, 0.717) is 6.04 Å². The second-order valence-corrected chi connectivity index (χ2v) is 5.27. The molecule has 0 spiro atoms. The minimum Gasteiger partial charge on any atom is -0.310 e. The van der Waals surface area contributed by atoms with Crippen molar-refractivity contribution in [3.8, 4) is 0 Å². The van der Waals surface area contributed by atoms with Crippen molar-refractivity contribution < 1.29 is 4.39 Å². The van der Waals surface area contributed by atoms with Gasteiger partial charge in [0.25, 0.3) is 0 Å². The number of benzene rings is 1. The van der Waals surface area contributed by atoms with Gasteiger partial charge >= 0.3 is 0 Å². The Kier molecular flexibility index (Phi) is 4.41. The van der Waals surface area contributed by atoms with Gasteiger partial charge in [0.2, 0.25) is 0 Å². The van der Waals surface area contributed by atoms with Gasteiger partial charge in [0.15, 0.2) is 0 Å². The van der Waals surface area contributed by atoms with E-state index in [1.807, 2.05) is 6.07 Å². The van der Waals surface area contributed by atoms with Crippen molar-refractivity contribution in [1.29, 1.82) is 0 Å². The third-order valence-electron chi connectivity index (χ3n) is 3.25. The first-order valence-electron chi connectivity index (χ1n) is 6.39. The van der Waals surface area contributed by atoms with Crippen molar-refractivity contribution in [2.24, 2.45) is 5.92 Å². The van der Waals surface area contributed by atoms with Crippen molar-refractivity contribution >= 4 is 11.6 Å². The van der Waals surface area contributed by atoms with Gasteiger partial charge in [-0.1, -0.05) is 37.4 Å². The maximum atomic E-state index is 13.1. The first-order valence-corrected chi connectivity index (χ1v) is 6.76. The summed E-state index contributed by atoms with van der Waals surface area (Å²) in [5.41, 5.74) is 1.11. The van der Waals surface area contributed by atoms with Crippen LogP contribution < -0.4 is 5.32 Å². The second-order valence-electron chi connectivity index (χ2n) is 4.86. The first-order chi connectivity index (χ1) is 8.20. The molecule has 0 aromatic heterocycles. The fourth-order valence-electron chi connectivity index (χ4n) is 2.07. The Balaban J connectivity index is 2.08.